The van der Waals surface area contributed by atoms with Gasteiger partial charge in [-0.3, -0.25) is 19.6 Å². The molecule has 148 valence electrons. The predicted octanol–water partition coefficient (Wildman–Crippen LogP) is 1.28. The summed E-state index contributed by atoms with van der Waals surface area (Å²) in [6.07, 6.45) is -0.137. The Labute approximate surface area is 161 Å². The molecule has 0 aliphatic carbocycles. The number of nitrogens with zero attached hydrogens (tertiary/aromatic N) is 4. The van der Waals surface area contributed by atoms with E-state index in [1.165, 1.54) is 4.90 Å². The highest BCUT2D eigenvalue weighted by molar-refractivity contribution is 6.03. The standard InChI is InChI=1S/C19H23N5O4/c1-11-10-23(19(27)28)8-9-24(11)14-5-3-4-12-16(21-22(2)17(12)14)13-6-7-15(25)20-18(13)26/h3-5,11,13H,6-10H2,1-2H3,(H,27,28)(H,20,25,26)/t11-,13?/m0/s1. The van der Waals surface area contributed by atoms with Crippen LogP contribution >= 0.6 is 0 Å². The Kier molecular flexibility index (Phi) is 4.44. The van der Waals surface area contributed by atoms with E-state index in [1.54, 1.807) is 4.68 Å². The number of aryl methyl sites for hydroxylation is 1. The van der Waals surface area contributed by atoms with E-state index in [0.29, 0.717) is 38.2 Å². The normalized spacial score (nSPS) is 23.2. The van der Waals surface area contributed by atoms with E-state index in [4.69, 9.17) is 0 Å². The number of nitrogens with one attached hydrogen (secondary N) is 1. The summed E-state index contributed by atoms with van der Waals surface area (Å²) >= 11 is 0. The highest BCUT2D eigenvalue weighted by Gasteiger charge is 2.33. The van der Waals surface area contributed by atoms with Crippen molar-refractivity contribution in [3.8, 4) is 0 Å². The van der Waals surface area contributed by atoms with Crippen LogP contribution in [0.3, 0.4) is 0 Å². The summed E-state index contributed by atoms with van der Waals surface area (Å²) in [5, 5.41) is 17.2. The molecular weight excluding hydrogens is 362 g/mol. The Hall–Kier alpha value is -3.10. The van der Waals surface area contributed by atoms with Crippen molar-refractivity contribution in [2.24, 2.45) is 7.05 Å². The van der Waals surface area contributed by atoms with Crippen molar-refractivity contribution in [1.82, 2.24) is 20.0 Å². The molecule has 0 bridgehead atoms. The number of piperazine rings is 1. The molecule has 4 rings (SSSR count). The van der Waals surface area contributed by atoms with Gasteiger partial charge in [-0.15, -0.1) is 0 Å². The average molecular weight is 385 g/mol. The first kappa shape index (κ1) is 18.3. The molecule has 1 unspecified atom stereocenters. The van der Waals surface area contributed by atoms with Crippen molar-refractivity contribution in [1.29, 1.82) is 0 Å². The molecule has 2 aliphatic heterocycles. The number of fused-ring (bicyclic) bond motifs is 1. The van der Waals surface area contributed by atoms with Crippen molar-refractivity contribution in [2.75, 3.05) is 24.5 Å². The van der Waals surface area contributed by atoms with Gasteiger partial charge in [0.15, 0.2) is 0 Å². The number of benzene rings is 1. The van der Waals surface area contributed by atoms with Crippen LogP contribution in [0.15, 0.2) is 18.2 Å². The minimum atomic E-state index is -0.898. The van der Waals surface area contributed by atoms with Crippen LogP contribution in [0.1, 0.15) is 31.4 Å². The third-order valence-corrected chi connectivity index (χ3v) is 5.65. The maximum atomic E-state index is 12.3. The summed E-state index contributed by atoms with van der Waals surface area (Å²) < 4.78 is 1.78. The molecule has 0 radical (unpaired) electrons. The molecule has 0 spiro atoms. The maximum absolute atomic E-state index is 12.3. The second kappa shape index (κ2) is 6.81. The summed E-state index contributed by atoms with van der Waals surface area (Å²) in [6.45, 7) is 3.47. The van der Waals surface area contributed by atoms with Gasteiger partial charge in [0.05, 0.1) is 22.8 Å². The lowest BCUT2D eigenvalue weighted by Gasteiger charge is -2.40. The van der Waals surface area contributed by atoms with Crippen LogP contribution in [-0.2, 0) is 16.6 Å². The summed E-state index contributed by atoms with van der Waals surface area (Å²) in [4.78, 5) is 38.7. The first-order chi connectivity index (χ1) is 13.4. The number of imide groups is 1. The van der Waals surface area contributed by atoms with Crippen LogP contribution in [0.5, 0.6) is 0 Å². The van der Waals surface area contributed by atoms with E-state index in [0.717, 1.165) is 16.6 Å². The van der Waals surface area contributed by atoms with Crippen molar-refractivity contribution >= 4 is 34.5 Å². The number of carbonyl (C=O) groups is 3. The first-order valence-electron chi connectivity index (χ1n) is 9.40. The van der Waals surface area contributed by atoms with Gasteiger partial charge in [0, 0.05) is 44.5 Å². The molecule has 2 saturated heterocycles. The molecule has 3 amide bonds. The topological polar surface area (TPSA) is 108 Å². The molecule has 2 aliphatic rings. The van der Waals surface area contributed by atoms with Gasteiger partial charge in [-0.1, -0.05) is 12.1 Å². The fourth-order valence-corrected chi connectivity index (χ4v) is 4.28. The van der Waals surface area contributed by atoms with E-state index >= 15 is 0 Å². The van der Waals surface area contributed by atoms with Gasteiger partial charge in [-0.05, 0) is 19.4 Å². The number of hydrogen-bond donors (Lipinski definition) is 2. The lowest BCUT2D eigenvalue weighted by atomic mass is 9.92. The van der Waals surface area contributed by atoms with Crippen LogP contribution < -0.4 is 10.2 Å². The van der Waals surface area contributed by atoms with Gasteiger partial charge in [0.2, 0.25) is 11.8 Å². The second-order valence-electron chi connectivity index (χ2n) is 7.46. The molecule has 2 aromatic rings. The van der Waals surface area contributed by atoms with Gasteiger partial charge in [-0.25, -0.2) is 4.79 Å². The van der Waals surface area contributed by atoms with Crippen LogP contribution in [0.2, 0.25) is 0 Å². The van der Waals surface area contributed by atoms with Gasteiger partial charge < -0.3 is 14.9 Å². The third-order valence-electron chi connectivity index (χ3n) is 5.65. The Morgan fingerprint density at radius 1 is 1.29 bits per heavy atom. The van der Waals surface area contributed by atoms with E-state index in [9.17, 15) is 19.5 Å². The number of para-hydroxylation sites is 1. The molecule has 9 heteroatoms. The zero-order valence-corrected chi connectivity index (χ0v) is 15.9. The smallest absolute Gasteiger partial charge is 0.407 e. The SMILES string of the molecule is C[C@H]1CN(C(=O)O)CCN1c1cccc2c(C3CCC(=O)NC3=O)nn(C)c12. The number of anilines is 1. The number of rotatable bonds is 2. The number of piperidine rings is 1. The van der Waals surface area contributed by atoms with Gasteiger partial charge in [0.25, 0.3) is 0 Å². The largest absolute Gasteiger partial charge is 0.465 e. The van der Waals surface area contributed by atoms with Crippen LogP contribution in [-0.4, -0.2) is 63.4 Å². The van der Waals surface area contributed by atoms with E-state index in [2.05, 4.69) is 15.3 Å². The minimum absolute atomic E-state index is 0.0180. The van der Waals surface area contributed by atoms with Crippen molar-refractivity contribution in [3.63, 3.8) is 0 Å². The Morgan fingerprint density at radius 2 is 2.07 bits per heavy atom. The van der Waals surface area contributed by atoms with Crippen LogP contribution in [0.25, 0.3) is 10.9 Å². The molecule has 2 N–H and O–H groups in total. The molecule has 1 aromatic heterocycles. The third kappa shape index (κ3) is 2.96. The van der Waals surface area contributed by atoms with E-state index in [1.807, 2.05) is 32.2 Å². The Balaban J connectivity index is 1.72. The predicted molar refractivity (Wildman–Crippen MR) is 102 cm³/mol. The maximum Gasteiger partial charge on any atom is 0.407 e. The molecule has 2 atom stereocenters. The lowest BCUT2D eigenvalue weighted by Crippen LogP contribution is -2.53. The molecule has 9 nitrogen and oxygen atoms in total. The van der Waals surface area contributed by atoms with E-state index < -0.39 is 12.0 Å². The fourth-order valence-electron chi connectivity index (χ4n) is 4.28. The zero-order valence-electron chi connectivity index (χ0n) is 15.9. The first-order valence-corrected chi connectivity index (χ1v) is 9.40. The quantitative estimate of drug-likeness (QED) is 0.754. The summed E-state index contributed by atoms with van der Waals surface area (Å²) in [5.74, 6) is -0.990. The number of carboxylic acid groups (broad SMARTS) is 1. The van der Waals surface area contributed by atoms with Crippen molar-refractivity contribution < 1.29 is 19.5 Å². The highest BCUT2D eigenvalue weighted by atomic mass is 16.4. The summed E-state index contributed by atoms with van der Waals surface area (Å²) in [5.41, 5.74) is 2.57. The number of amides is 3. The fraction of sp³-hybridized carbons (Fsp3) is 0.474. The Bertz CT molecular complexity index is 969. The van der Waals surface area contributed by atoms with Crippen molar-refractivity contribution in [2.45, 2.75) is 31.7 Å². The monoisotopic (exact) mass is 385 g/mol. The number of hydrogen-bond acceptors (Lipinski definition) is 5. The molecular formula is C19H23N5O4. The molecule has 1 aromatic carbocycles. The zero-order chi connectivity index (χ0) is 20.0. The number of carbonyl (C=O) groups excluding carboxylic acids is 2. The van der Waals surface area contributed by atoms with Gasteiger partial charge >= 0.3 is 6.09 Å². The van der Waals surface area contributed by atoms with Gasteiger partial charge in [-0.2, -0.15) is 5.10 Å². The highest BCUT2D eigenvalue weighted by Crippen LogP contribution is 2.35. The van der Waals surface area contributed by atoms with Gasteiger partial charge in [0.1, 0.15) is 0 Å². The minimum Gasteiger partial charge on any atom is -0.465 e. The number of aromatic nitrogens is 2. The molecule has 28 heavy (non-hydrogen) atoms. The van der Waals surface area contributed by atoms with Crippen LogP contribution in [0.4, 0.5) is 10.5 Å². The summed E-state index contributed by atoms with van der Waals surface area (Å²) in [7, 11) is 1.85. The Morgan fingerprint density at radius 3 is 2.75 bits per heavy atom. The van der Waals surface area contributed by atoms with E-state index in [-0.39, 0.29) is 17.9 Å². The second-order valence-corrected chi connectivity index (χ2v) is 7.46. The molecule has 0 saturated carbocycles. The van der Waals surface area contributed by atoms with Crippen molar-refractivity contribution in [3.05, 3.63) is 23.9 Å². The van der Waals surface area contributed by atoms with Crippen LogP contribution in [0, 0.1) is 0 Å². The summed E-state index contributed by atoms with van der Waals surface area (Å²) in [6, 6.07) is 5.91. The average Bonchev–Trinajstić information content (AvgIpc) is 2.98. The molecule has 3 heterocycles. The lowest BCUT2D eigenvalue weighted by molar-refractivity contribution is -0.134. The molecule has 2 fully saturated rings.